The van der Waals surface area contributed by atoms with Crippen LogP contribution < -0.4 is 5.32 Å². The Balaban J connectivity index is 0.00000220. The molecule has 0 bridgehead atoms. The van der Waals surface area contributed by atoms with E-state index < -0.39 is 0 Å². The molecule has 1 N–H and O–H groups in total. The molecule has 1 unspecified atom stereocenters. The van der Waals surface area contributed by atoms with Gasteiger partial charge in [0.1, 0.15) is 5.01 Å². The summed E-state index contributed by atoms with van der Waals surface area (Å²) in [6.07, 6.45) is 3.05. The standard InChI is InChI=1S/C14H24N4OS.HI/c1-4-15-14(17-8-13-16-7-11(2)20-13)18(3)9-12-5-6-19-10-12;/h7,12H,4-6,8-10H2,1-3H3,(H,15,17);1H. The number of hydrogen-bond acceptors (Lipinski definition) is 4. The zero-order valence-corrected chi connectivity index (χ0v) is 16.1. The highest BCUT2D eigenvalue weighted by atomic mass is 127. The van der Waals surface area contributed by atoms with Crippen LogP contribution in [0.3, 0.4) is 0 Å². The summed E-state index contributed by atoms with van der Waals surface area (Å²) in [5.74, 6) is 1.57. The smallest absolute Gasteiger partial charge is 0.194 e. The molecule has 120 valence electrons. The number of aromatic nitrogens is 1. The number of guanidine groups is 1. The molecular formula is C14H25IN4OS. The molecule has 21 heavy (non-hydrogen) atoms. The highest BCUT2D eigenvalue weighted by molar-refractivity contribution is 14.0. The van der Waals surface area contributed by atoms with Crippen LogP contribution in [0.4, 0.5) is 0 Å². The van der Waals surface area contributed by atoms with Crippen molar-refractivity contribution < 1.29 is 4.74 Å². The Kier molecular flexibility index (Phi) is 8.50. The largest absolute Gasteiger partial charge is 0.381 e. The lowest BCUT2D eigenvalue weighted by atomic mass is 10.1. The van der Waals surface area contributed by atoms with Crippen LogP contribution in [0.25, 0.3) is 0 Å². The number of thiazole rings is 1. The van der Waals surface area contributed by atoms with E-state index in [2.05, 4.69) is 41.1 Å². The minimum absolute atomic E-state index is 0. The van der Waals surface area contributed by atoms with Crippen LogP contribution in [0.2, 0.25) is 0 Å². The van der Waals surface area contributed by atoms with E-state index in [1.165, 1.54) is 4.88 Å². The molecule has 1 saturated heterocycles. The molecule has 7 heteroatoms. The van der Waals surface area contributed by atoms with Gasteiger partial charge in [-0.25, -0.2) is 9.98 Å². The van der Waals surface area contributed by atoms with Gasteiger partial charge in [0.05, 0.1) is 13.2 Å². The summed E-state index contributed by atoms with van der Waals surface area (Å²) < 4.78 is 5.43. The van der Waals surface area contributed by atoms with Crippen LogP contribution in [-0.4, -0.2) is 49.2 Å². The van der Waals surface area contributed by atoms with Gasteiger partial charge in [0.15, 0.2) is 5.96 Å². The highest BCUT2D eigenvalue weighted by Gasteiger charge is 2.19. The van der Waals surface area contributed by atoms with Gasteiger partial charge in [-0.05, 0) is 20.3 Å². The van der Waals surface area contributed by atoms with Gasteiger partial charge in [-0.15, -0.1) is 35.3 Å². The molecule has 0 saturated carbocycles. The van der Waals surface area contributed by atoms with E-state index in [0.29, 0.717) is 12.5 Å². The van der Waals surface area contributed by atoms with Crippen molar-refractivity contribution in [1.29, 1.82) is 0 Å². The van der Waals surface area contributed by atoms with Crippen molar-refractivity contribution in [2.45, 2.75) is 26.8 Å². The Labute approximate surface area is 148 Å². The van der Waals surface area contributed by atoms with Crippen molar-refractivity contribution in [3.8, 4) is 0 Å². The first-order valence-electron chi connectivity index (χ1n) is 7.17. The highest BCUT2D eigenvalue weighted by Crippen LogP contribution is 2.14. The molecule has 2 rings (SSSR count). The minimum Gasteiger partial charge on any atom is -0.381 e. The lowest BCUT2D eigenvalue weighted by Crippen LogP contribution is -2.41. The van der Waals surface area contributed by atoms with E-state index in [0.717, 1.165) is 43.7 Å². The van der Waals surface area contributed by atoms with Gasteiger partial charge in [0, 0.05) is 43.7 Å². The summed E-state index contributed by atoms with van der Waals surface area (Å²) in [5.41, 5.74) is 0. The molecule has 1 aliphatic rings. The molecule has 1 aromatic rings. The van der Waals surface area contributed by atoms with Crippen LogP contribution >= 0.6 is 35.3 Å². The zero-order chi connectivity index (χ0) is 14.4. The second kappa shape index (κ2) is 9.58. The number of nitrogens with zero attached hydrogens (tertiary/aromatic N) is 3. The fourth-order valence-electron chi connectivity index (χ4n) is 2.29. The third kappa shape index (κ3) is 6.07. The van der Waals surface area contributed by atoms with Crippen molar-refractivity contribution >= 4 is 41.3 Å². The maximum atomic E-state index is 5.43. The van der Waals surface area contributed by atoms with E-state index >= 15 is 0 Å². The third-order valence-electron chi connectivity index (χ3n) is 3.29. The van der Waals surface area contributed by atoms with Gasteiger partial charge in [-0.3, -0.25) is 0 Å². The molecule has 5 nitrogen and oxygen atoms in total. The van der Waals surface area contributed by atoms with Gasteiger partial charge in [0.25, 0.3) is 0 Å². The molecule has 0 aromatic carbocycles. The molecular weight excluding hydrogens is 399 g/mol. The quantitative estimate of drug-likeness (QED) is 0.449. The molecule has 1 atom stereocenters. The lowest BCUT2D eigenvalue weighted by Gasteiger charge is -2.24. The topological polar surface area (TPSA) is 49.8 Å². The summed E-state index contributed by atoms with van der Waals surface area (Å²) >= 11 is 1.71. The zero-order valence-electron chi connectivity index (χ0n) is 13.0. The Morgan fingerprint density at radius 3 is 3.00 bits per heavy atom. The van der Waals surface area contributed by atoms with Gasteiger partial charge in [-0.1, -0.05) is 0 Å². The van der Waals surface area contributed by atoms with E-state index in [-0.39, 0.29) is 24.0 Å². The van der Waals surface area contributed by atoms with Crippen molar-refractivity contribution in [3.05, 3.63) is 16.1 Å². The Hall–Kier alpha value is -0.410. The van der Waals surface area contributed by atoms with Crippen LogP contribution in [0.5, 0.6) is 0 Å². The molecule has 1 aliphatic heterocycles. The average molecular weight is 424 g/mol. The molecule has 0 aliphatic carbocycles. The maximum Gasteiger partial charge on any atom is 0.194 e. The number of halogens is 1. The summed E-state index contributed by atoms with van der Waals surface area (Å²) in [5, 5.41) is 4.41. The van der Waals surface area contributed by atoms with E-state index in [1.54, 1.807) is 11.3 Å². The van der Waals surface area contributed by atoms with E-state index in [1.807, 2.05) is 6.20 Å². The first-order chi connectivity index (χ1) is 9.69. The normalized spacial score (nSPS) is 18.4. The SMILES string of the molecule is CCNC(=NCc1ncc(C)s1)N(C)CC1CCOC1.I. The van der Waals surface area contributed by atoms with E-state index in [4.69, 9.17) is 4.74 Å². The van der Waals surface area contributed by atoms with E-state index in [9.17, 15) is 0 Å². The molecule has 0 amide bonds. The monoisotopic (exact) mass is 424 g/mol. The van der Waals surface area contributed by atoms with Crippen molar-refractivity contribution in [2.24, 2.45) is 10.9 Å². The van der Waals surface area contributed by atoms with Gasteiger partial charge < -0.3 is 15.0 Å². The Morgan fingerprint density at radius 1 is 1.62 bits per heavy atom. The first kappa shape index (κ1) is 18.6. The molecule has 1 fully saturated rings. The van der Waals surface area contributed by atoms with Crippen molar-refractivity contribution in [1.82, 2.24) is 15.2 Å². The second-order valence-corrected chi connectivity index (χ2v) is 6.46. The van der Waals surface area contributed by atoms with Gasteiger partial charge >= 0.3 is 0 Å². The molecule has 2 heterocycles. The summed E-state index contributed by atoms with van der Waals surface area (Å²) in [6.45, 7) is 8.44. The van der Waals surface area contributed by atoms with Crippen molar-refractivity contribution in [2.75, 3.05) is 33.4 Å². The number of ether oxygens (including phenoxy) is 1. The predicted molar refractivity (Wildman–Crippen MR) is 98.6 cm³/mol. The summed E-state index contributed by atoms with van der Waals surface area (Å²) in [6, 6.07) is 0. The first-order valence-corrected chi connectivity index (χ1v) is 7.99. The molecule has 0 radical (unpaired) electrons. The fraction of sp³-hybridized carbons (Fsp3) is 0.714. The third-order valence-corrected chi connectivity index (χ3v) is 4.18. The number of rotatable bonds is 5. The number of nitrogens with one attached hydrogen (secondary N) is 1. The Morgan fingerprint density at radius 2 is 2.43 bits per heavy atom. The minimum atomic E-state index is 0. The number of aliphatic imine (C=N–C) groups is 1. The van der Waals surface area contributed by atoms with Gasteiger partial charge in [-0.2, -0.15) is 0 Å². The fourth-order valence-corrected chi connectivity index (χ4v) is 3.00. The van der Waals surface area contributed by atoms with Crippen LogP contribution in [0.15, 0.2) is 11.2 Å². The van der Waals surface area contributed by atoms with Crippen LogP contribution in [0.1, 0.15) is 23.2 Å². The second-order valence-electron chi connectivity index (χ2n) is 5.14. The van der Waals surface area contributed by atoms with Crippen molar-refractivity contribution in [3.63, 3.8) is 0 Å². The molecule has 1 aromatic heterocycles. The summed E-state index contributed by atoms with van der Waals surface area (Å²) in [7, 11) is 2.09. The summed E-state index contributed by atoms with van der Waals surface area (Å²) in [4.78, 5) is 12.5. The average Bonchev–Trinajstić information content (AvgIpc) is 3.06. The number of hydrogen-bond donors (Lipinski definition) is 1. The Bertz CT molecular complexity index is 446. The van der Waals surface area contributed by atoms with Gasteiger partial charge in [0.2, 0.25) is 0 Å². The number of aryl methyl sites for hydroxylation is 1. The van der Waals surface area contributed by atoms with Crippen LogP contribution in [-0.2, 0) is 11.3 Å². The maximum absolute atomic E-state index is 5.43. The predicted octanol–water partition coefficient (Wildman–Crippen LogP) is 2.50. The lowest BCUT2D eigenvalue weighted by molar-refractivity contribution is 0.181. The van der Waals surface area contributed by atoms with Crippen LogP contribution in [0, 0.1) is 12.8 Å². The molecule has 0 spiro atoms.